The summed E-state index contributed by atoms with van der Waals surface area (Å²) in [5, 5.41) is 0. The molecule has 0 unspecified atom stereocenters. The lowest BCUT2D eigenvalue weighted by molar-refractivity contribution is -0.141. The highest BCUT2D eigenvalue weighted by Crippen LogP contribution is 2.39. The molecule has 176 valence electrons. The summed E-state index contributed by atoms with van der Waals surface area (Å²) in [7, 11) is -3.72. The van der Waals surface area contributed by atoms with E-state index < -0.39 is 16.1 Å². The summed E-state index contributed by atoms with van der Waals surface area (Å²) >= 11 is 0. The molecule has 2 aliphatic rings. The molecule has 6 nitrogen and oxygen atoms in total. The maximum atomic E-state index is 13.5. The summed E-state index contributed by atoms with van der Waals surface area (Å²) in [6.45, 7) is 2.31. The van der Waals surface area contributed by atoms with Gasteiger partial charge in [0.05, 0.1) is 17.5 Å². The smallest absolute Gasteiger partial charge is 0.264 e. The minimum atomic E-state index is -3.72. The van der Waals surface area contributed by atoms with Crippen molar-refractivity contribution in [2.75, 3.05) is 4.72 Å². The monoisotopic (exact) mass is 476 g/mol. The van der Waals surface area contributed by atoms with Crippen molar-refractivity contribution in [3.8, 4) is 5.75 Å². The van der Waals surface area contributed by atoms with Crippen LogP contribution in [0.15, 0.2) is 77.7 Å². The molecule has 3 aromatic carbocycles. The Balaban J connectivity index is 1.49. The van der Waals surface area contributed by atoms with E-state index in [0.29, 0.717) is 24.4 Å². The number of sulfonamides is 1. The van der Waals surface area contributed by atoms with Crippen molar-refractivity contribution in [1.82, 2.24) is 4.90 Å². The second-order valence-electron chi connectivity index (χ2n) is 8.83. The molecule has 7 heteroatoms. The van der Waals surface area contributed by atoms with Crippen LogP contribution in [-0.2, 0) is 27.8 Å². The Morgan fingerprint density at radius 3 is 2.56 bits per heavy atom. The summed E-state index contributed by atoms with van der Waals surface area (Å²) in [5.41, 5.74) is 3.72. The number of carbonyl (C=O) groups is 1. The number of benzene rings is 3. The van der Waals surface area contributed by atoms with Gasteiger partial charge in [0, 0.05) is 11.3 Å². The van der Waals surface area contributed by atoms with Gasteiger partial charge in [0.1, 0.15) is 5.75 Å². The highest BCUT2D eigenvalue weighted by Gasteiger charge is 2.36. The van der Waals surface area contributed by atoms with Gasteiger partial charge >= 0.3 is 0 Å². The number of ether oxygens (including phenoxy) is 1. The number of anilines is 1. The van der Waals surface area contributed by atoms with E-state index in [1.54, 1.807) is 48.5 Å². The van der Waals surface area contributed by atoms with E-state index in [1.165, 1.54) is 11.1 Å². The van der Waals surface area contributed by atoms with Gasteiger partial charge in [0.25, 0.3) is 15.9 Å². The zero-order valence-electron chi connectivity index (χ0n) is 19.1. The Kier molecular flexibility index (Phi) is 6.04. The largest absolute Gasteiger partial charge is 0.480 e. The number of rotatable bonds is 5. The molecule has 0 aromatic heterocycles. The number of nitrogens with one attached hydrogen (secondary N) is 1. The van der Waals surface area contributed by atoms with E-state index in [9.17, 15) is 13.2 Å². The molecule has 0 spiro atoms. The highest BCUT2D eigenvalue weighted by atomic mass is 32.2. The molecule has 1 aliphatic heterocycles. The predicted octanol–water partition coefficient (Wildman–Crippen LogP) is 5.06. The third-order valence-corrected chi connectivity index (χ3v) is 8.02. The van der Waals surface area contributed by atoms with Crippen LogP contribution < -0.4 is 9.46 Å². The van der Waals surface area contributed by atoms with Crippen molar-refractivity contribution in [2.24, 2.45) is 0 Å². The van der Waals surface area contributed by atoms with E-state index in [4.69, 9.17) is 4.74 Å². The maximum absolute atomic E-state index is 13.5. The number of amides is 1. The fourth-order valence-electron chi connectivity index (χ4n) is 4.92. The molecule has 0 bridgehead atoms. The lowest BCUT2D eigenvalue weighted by Crippen LogP contribution is -2.42. The number of aryl methyl sites for hydroxylation is 1. The Bertz CT molecular complexity index is 1310. The topological polar surface area (TPSA) is 75.7 Å². The molecule has 1 N–H and O–H groups in total. The van der Waals surface area contributed by atoms with E-state index in [0.717, 1.165) is 24.8 Å². The molecule has 0 saturated heterocycles. The Morgan fingerprint density at radius 1 is 1.00 bits per heavy atom. The zero-order chi connectivity index (χ0) is 23.7. The molecular formula is C27H28N2O4S. The van der Waals surface area contributed by atoms with Crippen LogP contribution in [0.4, 0.5) is 5.69 Å². The number of fused-ring (bicyclic) bond motifs is 2. The van der Waals surface area contributed by atoms with Gasteiger partial charge in [-0.15, -0.1) is 0 Å². The number of hydrogen-bond donors (Lipinski definition) is 1. The van der Waals surface area contributed by atoms with Gasteiger partial charge in [-0.25, -0.2) is 8.42 Å². The third-order valence-electron chi connectivity index (χ3n) is 6.62. The number of carbonyl (C=O) groups excluding carboxylic acids is 1. The first-order valence-corrected chi connectivity index (χ1v) is 13.2. The molecule has 1 aliphatic carbocycles. The lowest BCUT2D eigenvalue weighted by Gasteiger charge is -2.36. The average Bonchev–Trinajstić information content (AvgIpc) is 3.00. The molecule has 5 rings (SSSR count). The minimum Gasteiger partial charge on any atom is -0.480 e. The molecule has 1 heterocycles. The minimum absolute atomic E-state index is 0.0215. The Labute approximate surface area is 200 Å². The van der Waals surface area contributed by atoms with Crippen molar-refractivity contribution >= 4 is 21.6 Å². The first-order chi connectivity index (χ1) is 16.5. The molecule has 2 atom stereocenters. The molecular weight excluding hydrogens is 448 g/mol. The van der Waals surface area contributed by atoms with Gasteiger partial charge in [-0.2, -0.15) is 0 Å². The Morgan fingerprint density at radius 2 is 1.76 bits per heavy atom. The molecule has 0 radical (unpaired) electrons. The zero-order valence-corrected chi connectivity index (χ0v) is 19.9. The standard InChI is InChI=1S/C27H28N2O4S/c1-2-25-27(30)29(24-14-8-10-19-9-6-7-13-23(19)24)18-20-17-21(15-16-26(20)33-25)28-34(31,32)22-11-4-3-5-12-22/h3-7,9,11-13,15-17,24-25,28H,2,8,10,14,18H2,1H3/t24-,25+/m0/s1. The summed E-state index contributed by atoms with van der Waals surface area (Å²) < 4.78 is 34.5. The van der Waals surface area contributed by atoms with Crippen LogP contribution >= 0.6 is 0 Å². The van der Waals surface area contributed by atoms with Crippen molar-refractivity contribution in [2.45, 2.75) is 56.2 Å². The van der Waals surface area contributed by atoms with Crippen LogP contribution in [0.25, 0.3) is 0 Å². The maximum Gasteiger partial charge on any atom is 0.264 e. The van der Waals surface area contributed by atoms with Crippen molar-refractivity contribution in [1.29, 1.82) is 0 Å². The molecule has 3 aromatic rings. The number of hydrogen-bond acceptors (Lipinski definition) is 4. The van der Waals surface area contributed by atoms with Gasteiger partial charge in [-0.1, -0.05) is 49.4 Å². The van der Waals surface area contributed by atoms with E-state index in [2.05, 4.69) is 16.9 Å². The van der Waals surface area contributed by atoms with Gasteiger partial charge < -0.3 is 9.64 Å². The van der Waals surface area contributed by atoms with E-state index >= 15 is 0 Å². The fourth-order valence-corrected chi connectivity index (χ4v) is 5.99. The predicted molar refractivity (Wildman–Crippen MR) is 131 cm³/mol. The summed E-state index contributed by atoms with van der Waals surface area (Å²) in [4.78, 5) is 15.7. The normalized spacial score (nSPS) is 20.0. The molecule has 1 amide bonds. The molecule has 0 saturated carbocycles. The van der Waals surface area contributed by atoms with Crippen LogP contribution in [0.5, 0.6) is 5.75 Å². The van der Waals surface area contributed by atoms with E-state index in [-0.39, 0.29) is 16.8 Å². The first-order valence-electron chi connectivity index (χ1n) is 11.7. The van der Waals surface area contributed by atoms with Gasteiger partial charge in [-0.05, 0) is 67.1 Å². The van der Waals surface area contributed by atoms with Gasteiger partial charge in [0.15, 0.2) is 6.10 Å². The average molecular weight is 477 g/mol. The van der Waals surface area contributed by atoms with Crippen LogP contribution in [0.2, 0.25) is 0 Å². The second kappa shape index (κ2) is 9.14. The first kappa shape index (κ1) is 22.5. The van der Waals surface area contributed by atoms with E-state index in [1.807, 2.05) is 24.0 Å². The van der Waals surface area contributed by atoms with Crippen LogP contribution in [-0.4, -0.2) is 25.3 Å². The van der Waals surface area contributed by atoms with Crippen LogP contribution in [0.1, 0.15) is 48.9 Å². The molecule has 0 fully saturated rings. The van der Waals surface area contributed by atoms with Crippen molar-refractivity contribution < 1.29 is 17.9 Å². The van der Waals surface area contributed by atoms with Gasteiger partial charge in [-0.3, -0.25) is 9.52 Å². The quantitative estimate of drug-likeness (QED) is 0.558. The van der Waals surface area contributed by atoms with Crippen LogP contribution in [0, 0.1) is 0 Å². The second-order valence-corrected chi connectivity index (χ2v) is 10.5. The summed E-state index contributed by atoms with van der Waals surface area (Å²) in [6, 6.07) is 21.8. The lowest BCUT2D eigenvalue weighted by atomic mass is 9.86. The number of nitrogens with zero attached hydrogens (tertiary/aromatic N) is 1. The highest BCUT2D eigenvalue weighted by molar-refractivity contribution is 7.92. The fraction of sp³-hybridized carbons (Fsp3) is 0.296. The summed E-state index contributed by atoms with van der Waals surface area (Å²) in [6.07, 6.45) is 2.93. The summed E-state index contributed by atoms with van der Waals surface area (Å²) in [5.74, 6) is 0.598. The van der Waals surface area contributed by atoms with Crippen LogP contribution in [0.3, 0.4) is 0 Å². The molecule has 34 heavy (non-hydrogen) atoms. The Hall–Kier alpha value is -3.32. The SMILES string of the molecule is CC[C@H]1Oc2ccc(NS(=O)(=O)c3ccccc3)cc2CN([C@H]2CCCc3ccccc32)C1=O. The van der Waals surface area contributed by atoms with Crippen molar-refractivity contribution in [3.63, 3.8) is 0 Å². The van der Waals surface area contributed by atoms with Crippen molar-refractivity contribution in [3.05, 3.63) is 89.5 Å². The van der Waals surface area contributed by atoms with Gasteiger partial charge in [0.2, 0.25) is 0 Å². The third kappa shape index (κ3) is 4.28.